The second-order valence-corrected chi connectivity index (χ2v) is 6.25. The molecule has 0 aromatic heterocycles. The number of rotatable bonds is 5. The Balaban J connectivity index is 0.00000324. The van der Waals surface area contributed by atoms with Crippen LogP contribution in [-0.4, -0.2) is 61.6 Å². The molecule has 1 rings (SSSR count). The average Bonchev–Trinajstić information content (AvgIpc) is 2.70. The van der Waals surface area contributed by atoms with Gasteiger partial charge >= 0.3 is 0 Å². The fourth-order valence-electron chi connectivity index (χ4n) is 2.26. The summed E-state index contributed by atoms with van der Waals surface area (Å²) in [5.41, 5.74) is 0. The second kappa shape index (κ2) is 10.1. The van der Waals surface area contributed by atoms with E-state index in [0.29, 0.717) is 18.0 Å². The van der Waals surface area contributed by atoms with E-state index in [4.69, 9.17) is 0 Å². The van der Waals surface area contributed by atoms with Crippen LogP contribution < -0.4 is 10.6 Å². The summed E-state index contributed by atoms with van der Waals surface area (Å²) in [5.74, 6) is 2.72. The van der Waals surface area contributed by atoms with Gasteiger partial charge in [-0.15, -0.1) is 24.0 Å². The topological polar surface area (TPSA) is 39.7 Å². The summed E-state index contributed by atoms with van der Waals surface area (Å²) in [4.78, 5) is 6.82. The van der Waals surface area contributed by atoms with Gasteiger partial charge in [-0.2, -0.15) is 11.8 Å². The van der Waals surface area contributed by atoms with Gasteiger partial charge in [-0.25, -0.2) is 0 Å². The molecule has 114 valence electrons. The minimum atomic E-state index is 0. The molecule has 0 aliphatic carbocycles. The lowest BCUT2D eigenvalue weighted by atomic mass is 10.1. The van der Waals surface area contributed by atoms with Crippen molar-refractivity contribution >= 4 is 41.7 Å². The Bertz CT molecular complexity index is 273. The summed E-state index contributed by atoms with van der Waals surface area (Å²) in [6.45, 7) is 10.1. The van der Waals surface area contributed by atoms with E-state index in [0.717, 1.165) is 24.8 Å². The molecule has 2 unspecified atom stereocenters. The van der Waals surface area contributed by atoms with Gasteiger partial charge in [-0.3, -0.25) is 9.89 Å². The number of halogens is 1. The van der Waals surface area contributed by atoms with Crippen LogP contribution in [0.3, 0.4) is 0 Å². The van der Waals surface area contributed by atoms with Crippen LogP contribution in [0, 0.1) is 5.92 Å². The summed E-state index contributed by atoms with van der Waals surface area (Å²) in [5, 5.41) is 6.91. The third-order valence-electron chi connectivity index (χ3n) is 3.52. The van der Waals surface area contributed by atoms with E-state index < -0.39 is 0 Å². The smallest absolute Gasteiger partial charge is 0.191 e. The Morgan fingerprint density at radius 2 is 2.11 bits per heavy atom. The molecule has 6 heteroatoms. The fraction of sp³-hybridized carbons (Fsp3) is 0.923. The minimum absolute atomic E-state index is 0. The van der Waals surface area contributed by atoms with Gasteiger partial charge in [0, 0.05) is 44.5 Å². The van der Waals surface area contributed by atoms with Crippen LogP contribution in [0.2, 0.25) is 0 Å². The Kier molecular flexibility index (Phi) is 10.3. The maximum Gasteiger partial charge on any atom is 0.191 e. The summed E-state index contributed by atoms with van der Waals surface area (Å²) in [6, 6.07) is 1.14. The highest BCUT2D eigenvalue weighted by molar-refractivity contribution is 14.0. The van der Waals surface area contributed by atoms with Crippen LogP contribution in [0.5, 0.6) is 0 Å². The van der Waals surface area contributed by atoms with Crippen LogP contribution in [0.1, 0.15) is 20.8 Å². The molecule has 1 aliphatic rings. The van der Waals surface area contributed by atoms with Crippen LogP contribution in [0.4, 0.5) is 0 Å². The summed E-state index contributed by atoms with van der Waals surface area (Å²) >= 11 is 1.85. The minimum Gasteiger partial charge on any atom is -0.356 e. The largest absolute Gasteiger partial charge is 0.356 e. The molecule has 1 heterocycles. The standard InChI is InChI=1S/C13H28N4S.HI/c1-10(2)17-8-11(3)12(9-17)16-13(14-4)15-6-7-18-5;/h10-12H,6-9H2,1-5H3,(H2,14,15,16);1H. The number of aliphatic imine (C=N–C) groups is 1. The van der Waals surface area contributed by atoms with Crippen LogP contribution in [0.25, 0.3) is 0 Å². The van der Waals surface area contributed by atoms with Gasteiger partial charge in [0.1, 0.15) is 0 Å². The maximum absolute atomic E-state index is 4.29. The van der Waals surface area contributed by atoms with E-state index in [9.17, 15) is 0 Å². The van der Waals surface area contributed by atoms with Crippen molar-refractivity contribution in [3.8, 4) is 0 Å². The number of thioether (sulfide) groups is 1. The summed E-state index contributed by atoms with van der Waals surface area (Å²) < 4.78 is 0. The molecule has 1 saturated heterocycles. The zero-order valence-corrected chi connectivity index (χ0v) is 15.9. The lowest BCUT2D eigenvalue weighted by Crippen LogP contribution is -2.47. The Hall–Kier alpha value is 0.310. The van der Waals surface area contributed by atoms with Crippen molar-refractivity contribution in [2.45, 2.75) is 32.9 Å². The van der Waals surface area contributed by atoms with E-state index in [1.165, 1.54) is 6.54 Å². The van der Waals surface area contributed by atoms with Gasteiger partial charge in [0.05, 0.1) is 0 Å². The molecule has 1 aliphatic heterocycles. The third kappa shape index (κ3) is 6.53. The molecule has 4 nitrogen and oxygen atoms in total. The molecule has 0 saturated carbocycles. The Morgan fingerprint density at radius 3 is 2.58 bits per heavy atom. The molecular formula is C13H29IN4S. The first kappa shape index (κ1) is 19.3. The number of hydrogen-bond donors (Lipinski definition) is 2. The molecule has 19 heavy (non-hydrogen) atoms. The van der Waals surface area contributed by atoms with Gasteiger partial charge in [-0.05, 0) is 26.0 Å². The summed E-state index contributed by atoms with van der Waals surface area (Å²) in [6.07, 6.45) is 2.12. The van der Waals surface area contributed by atoms with E-state index >= 15 is 0 Å². The van der Waals surface area contributed by atoms with Gasteiger partial charge in [0.25, 0.3) is 0 Å². The van der Waals surface area contributed by atoms with Gasteiger partial charge in [0.15, 0.2) is 5.96 Å². The van der Waals surface area contributed by atoms with Crippen molar-refractivity contribution in [3.05, 3.63) is 0 Å². The van der Waals surface area contributed by atoms with Crippen molar-refractivity contribution in [1.82, 2.24) is 15.5 Å². The van der Waals surface area contributed by atoms with E-state index in [1.54, 1.807) is 0 Å². The molecule has 0 amide bonds. The number of nitrogens with zero attached hydrogens (tertiary/aromatic N) is 2. The predicted molar refractivity (Wildman–Crippen MR) is 98.0 cm³/mol. The second-order valence-electron chi connectivity index (χ2n) is 5.27. The van der Waals surface area contributed by atoms with Crippen LogP contribution >= 0.6 is 35.7 Å². The van der Waals surface area contributed by atoms with Gasteiger partial charge < -0.3 is 10.6 Å². The highest BCUT2D eigenvalue weighted by Gasteiger charge is 2.31. The van der Waals surface area contributed by atoms with Gasteiger partial charge in [0.2, 0.25) is 0 Å². The van der Waals surface area contributed by atoms with Crippen molar-refractivity contribution in [2.75, 3.05) is 38.7 Å². The molecule has 0 spiro atoms. The number of nitrogens with one attached hydrogen (secondary N) is 2. The Labute approximate surface area is 139 Å². The molecule has 2 N–H and O–H groups in total. The molecule has 0 aromatic rings. The lowest BCUT2D eigenvalue weighted by molar-refractivity contribution is 0.265. The van der Waals surface area contributed by atoms with Crippen molar-refractivity contribution in [1.29, 1.82) is 0 Å². The number of guanidine groups is 1. The van der Waals surface area contributed by atoms with E-state index in [1.807, 2.05) is 18.8 Å². The first-order valence-electron chi connectivity index (χ1n) is 6.78. The molecule has 0 bridgehead atoms. The molecule has 2 atom stereocenters. The zero-order chi connectivity index (χ0) is 13.5. The lowest BCUT2D eigenvalue weighted by Gasteiger charge is -2.21. The molecular weight excluding hydrogens is 371 g/mol. The van der Waals surface area contributed by atoms with E-state index in [2.05, 4.69) is 47.6 Å². The SMILES string of the molecule is CN=C(NCCSC)NC1CN(C(C)C)CC1C.I. The van der Waals surface area contributed by atoms with Gasteiger partial charge in [-0.1, -0.05) is 6.92 Å². The normalized spacial score (nSPS) is 24.4. The molecule has 1 fully saturated rings. The first-order valence-corrected chi connectivity index (χ1v) is 8.18. The highest BCUT2D eigenvalue weighted by Crippen LogP contribution is 2.18. The molecule has 0 aromatic carbocycles. The van der Waals surface area contributed by atoms with Crippen molar-refractivity contribution < 1.29 is 0 Å². The first-order chi connectivity index (χ1) is 8.58. The van der Waals surface area contributed by atoms with Crippen LogP contribution in [0.15, 0.2) is 4.99 Å². The van der Waals surface area contributed by atoms with E-state index in [-0.39, 0.29) is 24.0 Å². The summed E-state index contributed by atoms with van der Waals surface area (Å²) in [7, 11) is 1.84. The van der Waals surface area contributed by atoms with Crippen LogP contribution in [-0.2, 0) is 0 Å². The van der Waals surface area contributed by atoms with Crippen molar-refractivity contribution in [3.63, 3.8) is 0 Å². The average molecular weight is 400 g/mol. The maximum atomic E-state index is 4.29. The predicted octanol–water partition coefficient (Wildman–Crippen LogP) is 1.86. The number of likely N-dealkylation sites (tertiary alicyclic amines) is 1. The fourth-order valence-corrected chi connectivity index (χ4v) is 2.56. The van der Waals surface area contributed by atoms with Crippen molar-refractivity contribution in [2.24, 2.45) is 10.9 Å². The zero-order valence-electron chi connectivity index (χ0n) is 12.8. The number of hydrogen-bond acceptors (Lipinski definition) is 3. The Morgan fingerprint density at radius 1 is 1.42 bits per heavy atom. The quantitative estimate of drug-likeness (QED) is 0.320. The molecule has 0 radical (unpaired) electrons. The third-order valence-corrected chi connectivity index (χ3v) is 4.13. The highest BCUT2D eigenvalue weighted by atomic mass is 127. The monoisotopic (exact) mass is 400 g/mol.